The fraction of sp³-hybridized carbons (Fsp3) is 0.316. The third-order valence-corrected chi connectivity index (χ3v) is 6.12. The summed E-state index contributed by atoms with van der Waals surface area (Å²) in [5.74, 6) is -2.99. The van der Waals surface area contributed by atoms with Crippen molar-refractivity contribution >= 4 is 15.7 Å². The summed E-state index contributed by atoms with van der Waals surface area (Å²) in [7, 11) is -4.66. The third kappa shape index (κ3) is 3.77. The molecule has 26 heavy (non-hydrogen) atoms. The highest BCUT2D eigenvalue weighted by Gasteiger charge is 2.41. The highest BCUT2D eigenvalue weighted by molar-refractivity contribution is 7.91. The Bertz CT molecular complexity index is 883. The minimum Gasteiger partial charge on any atom is -0.345 e. The van der Waals surface area contributed by atoms with Gasteiger partial charge < -0.3 is 5.32 Å². The summed E-state index contributed by atoms with van der Waals surface area (Å²) in [4.78, 5) is 12.1. The molecule has 0 bridgehead atoms. The first-order chi connectivity index (χ1) is 12.3. The maximum atomic E-state index is 12.6. The van der Waals surface area contributed by atoms with Crippen LogP contribution in [0.15, 0.2) is 59.5 Å². The van der Waals surface area contributed by atoms with E-state index in [-0.39, 0.29) is 17.5 Å². The van der Waals surface area contributed by atoms with Crippen molar-refractivity contribution in [3.8, 4) is 0 Å². The topological polar surface area (TPSA) is 63.2 Å². The molecule has 4 nitrogen and oxygen atoms in total. The van der Waals surface area contributed by atoms with Gasteiger partial charge in [0, 0.05) is 5.56 Å². The SMILES string of the molecule is CC1CC1C(NC(=O)c1ccc(S(=O)(=O)C(F)F)cc1)c1ccccc1. The highest BCUT2D eigenvalue weighted by atomic mass is 32.2. The number of halogens is 2. The fourth-order valence-electron chi connectivity index (χ4n) is 3.04. The Kier molecular flexibility index (Phi) is 5.09. The van der Waals surface area contributed by atoms with Gasteiger partial charge in [-0.2, -0.15) is 8.78 Å². The van der Waals surface area contributed by atoms with Gasteiger partial charge in [-0.15, -0.1) is 0 Å². The molecular weight excluding hydrogens is 360 g/mol. The van der Waals surface area contributed by atoms with Crippen LogP contribution in [0.2, 0.25) is 0 Å². The number of sulfone groups is 1. The second-order valence-electron chi connectivity index (χ2n) is 6.57. The first-order valence-electron chi connectivity index (χ1n) is 8.28. The molecule has 1 fully saturated rings. The van der Waals surface area contributed by atoms with Gasteiger partial charge in [0.2, 0.25) is 9.84 Å². The first kappa shape index (κ1) is 18.5. The Morgan fingerprint density at radius 3 is 2.15 bits per heavy atom. The Morgan fingerprint density at radius 1 is 1.08 bits per heavy atom. The van der Waals surface area contributed by atoms with E-state index in [0.717, 1.165) is 24.1 Å². The summed E-state index contributed by atoms with van der Waals surface area (Å²) in [5.41, 5.74) is 1.24. The molecular formula is C19H19F2NO3S. The molecule has 0 radical (unpaired) electrons. The van der Waals surface area contributed by atoms with Crippen LogP contribution in [0.25, 0.3) is 0 Å². The Labute approximate surface area is 151 Å². The van der Waals surface area contributed by atoms with Crippen LogP contribution in [0.4, 0.5) is 8.78 Å². The van der Waals surface area contributed by atoms with Crippen molar-refractivity contribution in [3.63, 3.8) is 0 Å². The number of amides is 1. The second kappa shape index (κ2) is 7.15. The lowest BCUT2D eigenvalue weighted by Gasteiger charge is -2.19. The number of benzene rings is 2. The van der Waals surface area contributed by atoms with Gasteiger partial charge in [-0.05, 0) is 48.1 Å². The van der Waals surface area contributed by atoms with Gasteiger partial charge in [-0.1, -0.05) is 37.3 Å². The minimum absolute atomic E-state index is 0.136. The zero-order valence-electron chi connectivity index (χ0n) is 14.1. The Hall–Kier alpha value is -2.28. The molecule has 1 N–H and O–H groups in total. The number of carbonyl (C=O) groups is 1. The van der Waals surface area contributed by atoms with Crippen molar-refractivity contribution in [2.75, 3.05) is 0 Å². The third-order valence-electron chi connectivity index (χ3n) is 4.72. The normalized spacial score (nSPS) is 20.6. The van der Waals surface area contributed by atoms with E-state index in [0.29, 0.717) is 11.8 Å². The zero-order valence-corrected chi connectivity index (χ0v) is 14.9. The molecule has 2 aromatic rings. The molecule has 1 amide bonds. The molecule has 3 unspecified atom stereocenters. The highest BCUT2D eigenvalue weighted by Crippen LogP contribution is 2.47. The quantitative estimate of drug-likeness (QED) is 0.830. The van der Waals surface area contributed by atoms with E-state index in [1.54, 1.807) is 0 Å². The van der Waals surface area contributed by atoms with Gasteiger partial charge in [0.1, 0.15) is 0 Å². The summed E-state index contributed by atoms with van der Waals surface area (Å²) < 4.78 is 48.1. The average molecular weight is 379 g/mol. The number of rotatable bonds is 6. The summed E-state index contributed by atoms with van der Waals surface area (Å²) in [6, 6.07) is 14.1. The van der Waals surface area contributed by atoms with Crippen LogP contribution >= 0.6 is 0 Å². The molecule has 7 heteroatoms. The van der Waals surface area contributed by atoms with Crippen LogP contribution in [-0.4, -0.2) is 20.1 Å². The standard InChI is InChI=1S/C19H19F2NO3S/c1-12-11-16(12)17(13-5-3-2-4-6-13)22-18(23)14-7-9-15(10-8-14)26(24,25)19(20)21/h2-10,12,16-17,19H,11H2,1H3,(H,22,23). The van der Waals surface area contributed by atoms with Crippen LogP contribution in [0.3, 0.4) is 0 Å². The van der Waals surface area contributed by atoms with E-state index in [1.807, 2.05) is 30.3 Å². The van der Waals surface area contributed by atoms with Crippen molar-refractivity contribution in [2.45, 2.75) is 30.0 Å². The molecule has 0 aromatic heterocycles. The van der Waals surface area contributed by atoms with Crippen molar-refractivity contribution in [2.24, 2.45) is 11.8 Å². The van der Waals surface area contributed by atoms with E-state index < -0.39 is 20.5 Å². The van der Waals surface area contributed by atoms with E-state index >= 15 is 0 Å². The van der Waals surface area contributed by atoms with Crippen molar-refractivity contribution in [3.05, 3.63) is 65.7 Å². The van der Waals surface area contributed by atoms with E-state index in [4.69, 9.17) is 0 Å². The van der Waals surface area contributed by atoms with Crippen LogP contribution in [0.5, 0.6) is 0 Å². The maximum absolute atomic E-state index is 12.6. The lowest BCUT2D eigenvalue weighted by molar-refractivity contribution is 0.0930. The molecule has 1 aliphatic carbocycles. The van der Waals surface area contributed by atoms with Gasteiger partial charge in [-0.3, -0.25) is 4.79 Å². The number of alkyl halides is 2. The molecule has 1 saturated carbocycles. The lowest BCUT2D eigenvalue weighted by Crippen LogP contribution is -2.30. The molecule has 2 aromatic carbocycles. The molecule has 3 atom stereocenters. The maximum Gasteiger partial charge on any atom is 0.341 e. The summed E-state index contributed by atoms with van der Waals surface area (Å²) in [6.45, 7) is 2.12. The number of carbonyl (C=O) groups excluding carboxylic acids is 1. The Balaban J connectivity index is 1.78. The largest absolute Gasteiger partial charge is 0.345 e. The first-order valence-corrected chi connectivity index (χ1v) is 9.83. The smallest absolute Gasteiger partial charge is 0.341 e. The molecule has 3 rings (SSSR count). The zero-order chi connectivity index (χ0) is 18.9. The summed E-state index contributed by atoms with van der Waals surface area (Å²) in [5, 5.41) is 2.99. The molecule has 0 saturated heterocycles. The van der Waals surface area contributed by atoms with Crippen LogP contribution in [0, 0.1) is 11.8 Å². The molecule has 0 aliphatic heterocycles. The van der Waals surface area contributed by atoms with Crippen molar-refractivity contribution in [1.29, 1.82) is 0 Å². The van der Waals surface area contributed by atoms with Gasteiger partial charge in [0.15, 0.2) is 0 Å². The van der Waals surface area contributed by atoms with Gasteiger partial charge >= 0.3 is 5.76 Å². The molecule has 138 valence electrons. The van der Waals surface area contributed by atoms with Gasteiger partial charge in [0.05, 0.1) is 10.9 Å². The monoisotopic (exact) mass is 379 g/mol. The summed E-state index contributed by atoms with van der Waals surface area (Å²) >= 11 is 0. The average Bonchev–Trinajstić information content (AvgIpc) is 3.36. The van der Waals surface area contributed by atoms with Gasteiger partial charge in [-0.25, -0.2) is 8.42 Å². The second-order valence-corrected chi connectivity index (χ2v) is 8.49. The van der Waals surface area contributed by atoms with E-state index in [9.17, 15) is 22.0 Å². The van der Waals surface area contributed by atoms with Gasteiger partial charge in [0.25, 0.3) is 5.91 Å². The van der Waals surface area contributed by atoms with E-state index in [1.165, 1.54) is 12.1 Å². The van der Waals surface area contributed by atoms with Crippen LogP contribution in [0.1, 0.15) is 35.3 Å². The van der Waals surface area contributed by atoms with Crippen molar-refractivity contribution in [1.82, 2.24) is 5.32 Å². The number of hydrogen-bond donors (Lipinski definition) is 1. The lowest BCUT2D eigenvalue weighted by atomic mass is 10.0. The molecule has 0 spiro atoms. The predicted molar refractivity (Wildman–Crippen MR) is 93.6 cm³/mol. The molecule has 1 aliphatic rings. The predicted octanol–water partition coefficient (Wildman–Crippen LogP) is 3.81. The number of nitrogens with one attached hydrogen (secondary N) is 1. The summed E-state index contributed by atoms with van der Waals surface area (Å²) in [6.07, 6.45) is 1.02. The minimum atomic E-state index is -4.66. The van der Waals surface area contributed by atoms with Crippen LogP contribution in [-0.2, 0) is 9.84 Å². The van der Waals surface area contributed by atoms with Crippen molar-refractivity contribution < 1.29 is 22.0 Å². The van der Waals surface area contributed by atoms with Crippen LogP contribution < -0.4 is 5.32 Å². The fourth-order valence-corrected chi connectivity index (χ4v) is 3.76. The molecule has 0 heterocycles. The number of hydrogen-bond acceptors (Lipinski definition) is 3. The Morgan fingerprint density at radius 2 is 1.65 bits per heavy atom. The van der Waals surface area contributed by atoms with E-state index in [2.05, 4.69) is 12.2 Å².